The van der Waals surface area contributed by atoms with E-state index in [0.29, 0.717) is 23.7 Å². The van der Waals surface area contributed by atoms with E-state index in [-0.39, 0.29) is 0 Å². The molecule has 1 aromatic rings. The van der Waals surface area contributed by atoms with Gasteiger partial charge >= 0.3 is 0 Å². The molecule has 4 heteroatoms. The van der Waals surface area contributed by atoms with Gasteiger partial charge in [-0.15, -0.1) is 0 Å². The quantitative estimate of drug-likeness (QED) is 0.927. The molecular weight excluding hydrogens is 260 g/mol. The number of aliphatic hydroxyl groups excluding tert-OH is 1. The molecule has 3 unspecified atom stereocenters. The van der Waals surface area contributed by atoms with Crippen LogP contribution in [-0.4, -0.2) is 24.9 Å². The van der Waals surface area contributed by atoms with Gasteiger partial charge in [-0.1, -0.05) is 31.0 Å². The molecule has 0 radical (unpaired) electrons. The molecule has 19 heavy (non-hydrogen) atoms. The molecule has 0 heterocycles. The Labute approximate surface area is 115 Å². The zero-order chi connectivity index (χ0) is 14.0. The molecule has 106 valence electrons. The fourth-order valence-electron chi connectivity index (χ4n) is 2.80. The highest BCUT2D eigenvalue weighted by Crippen LogP contribution is 2.33. The maximum atomic E-state index is 12.6. The zero-order valence-corrected chi connectivity index (χ0v) is 12.4. The minimum Gasteiger partial charge on any atom is -0.392 e. The van der Waals surface area contributed by atoms with E-state index in [4.69, 9.17) is 0 Å². The molecule has 3 atom stereocenters. The summed E-state index contributed by atoms with van der Waals surface area (Å²) < 4.78 is 25.2. The molecule has 1 fully saturated rings. The first kappa shape index (κ1) is 14.5. The van der Waals surface area contributed by atoms with Crippen LogP contribution in [0.3, 0.4) is 0 Å². The summed E-state index contributed by atoms with van der Waals surface area (Å²) in [6.45, 7) is 4.01. The van der Waals surface area contributed by atoms with E-state index in [2.05, 4.69) is 6.92 Å². The summed E-state index contributed by atoms with van der Waals surface area (Å²) in [6, 6.07) is 6.90. The van der Waals surface area contributed by atoms with E-state index >= 15 is 0 Å². The summed E-state index contributed by atoms with van der Waals surface area (Å²) in [4.78, 5) is 0.332. The topological polar surface area (TPSA) is 54.4 Å². The molecule has 1 aliphatic carbocycles. The molecule has 1 saturated carbocycles. The minimum atomic E-state index is -3.42. The van der Waals surface area contributed by atoms with Crippen LogP contribution in [0.4, 0.5) is 0 Å². The third-order valence-electron chi connectivity index (χ3n) is 4.19. The summed E-state index contributed by atoms with van der Waals surface area (Å²) in [5, 5.41) is 9.41. The summed E-state index contributed by atoms with van der Waals surface area (Å²) in [5.74, 6) is 0.411. The van der Waals surface area contributed by atoms with Crippen molar-refractivity contribution in [3.63, 3.8) is 0 Å². The smallest absolute Gasteiger partial charge is 0.183 e. The molecular formula is C15H22O3S. The van der Waals surface area contributed by atoms with E-state index < -0.39 is 21.2 Å². The largest absolute Gasteiger partial charge is 0.392 e. The summed E-state index contributed by atoms with van der Waals surface area (Å²) in [7, 11) is -3.42. The Bertz CT molecular complexity index is 519. The van der Waals surface area contributed by atoms with Crippen molar-refractivity contribution in [3.05, 3.63) is 29.8 Å². The Morgan fingerprint density at radius 3 is 2.42 bits per heavy atom. The van der Waals surface area contributed by atoms with Crippen molar-refractivity contribution in [1.29, 1.82) is 0 Å². The Hall–Kier alpha value is -0.870. The SMILES string of the molecule is CCC1CCC(O)C(S(=O)(=O)c2ccc(C)cc2)C1. The first-order chi connectivity index (χ1) is 8.95. The summed E-state index contributed by atoms with van der Waals surface area (Å²) in [6.07, 6.45) is 2.35. The van der Waals surface area contributed by atoms with Crippen molar-refractivity contribution in [1.82, 2.24) is 0 Å². The molecule has 0 saturated heterocycles. The molecule has 2 rings (SSSR count). The third-order valence-corrected chi connectivity index (χ3v) is 6.42. The molecule has 0 amide bonds. The van der Waals surface area contributed by atoms with E-state index in [1.165, 1.54) is 0 Å². The number of aryl methyl sites for hydroxylation is 1. The Balaban J connectivity index is 2.29. The van der Waals surface area contributed by atoms with Crippen LogP contribution in [0, 0.1) is 12.8 Å². The molecule has 1 aromatic carbocycles. The lowest BCUT2D eigenvalue weighted by atomic mass is 9.85. The monoisotopic (exact) mass is 282 g/mol. The van der Waals surface area contributed by atoms with Gasteiger partial charge < -0.3 is 5.11 Å². The van der Waals surface area contributed by atoms with Crippen molar-refractivity contribution in [2.24, 2.45) is 5.92 Å². The van der Waals surface area contributed by atoms with Crippen LogP contribution in [-0.2, 0) is 9.84 Å². The van der Waals surface area contributed by atoms with E-state index in [1.807, 2.05) is 6.92 Å². The van der Waals surface area contributed by atoms with Crippen molar-refractivity contribution >= 4 is 9.84 Å². The number of aliphatic hydroxyl groups is 1. The first-order valence-corrected chi connectivity index (χ1v) is 8.48. The van der Waals surface area contributed by atoms with Gasteiger partial charge in [-0.05, 0) is 44.2 Å². The van der Waals surface area contributed by atoms with Crippen LogP contribution in [0.2, 0.25) is 0 Å². The highest BCUT2D eigenvalue weighted by molar-refractivity contribution is 7.92. The van der Waals surface area contributed by atoms with E-state index in [0.717, 1.165) is 18.4 Å². The maximum Gasteiger partial charge on any atom is 0.183 e. The minimum absolute atomic E-state index is 0.332. The van der Waals surface area contributed by atoms with Crippen molar-refractivity contribution in [3.8, 4) is 0 Å². The van der Waals surface area contributed by atoms with E-state index in [1.54, 1.807) is 24.3 Å². The molecule has 0 spiro atoms. The first-order valence-electron chi connectivity index (χ1n) is 6.93. The normalized spacial score (nSPS) is 28.3. The number of sulfone groups is 1. The van der Waals surface area contributed by atoms with Crippen LogP contribution in [0.25, 0.3) is 0 Å². The van der Waals surface area contributed by atoms with Crippen LogP contribution in [0.5, 0.6) is 0 Å². The molecule has 0 aliphatic heterocycles. The Morgan fingerprint density at radius 2 is 1.84 bits per heavy atom. The van der Waals surface area contributed by atoms with Crippen LogP contribution in [0.15, 0.2) is 29.2 Å². The Kier molecular flexibility index (Phi) is 4.31. The number of hydrogen-bond donors (Lipinski definition) is 1. The Morgan fingerprint density at radius 1 is 1.21 bits per heavy atom. The van der Waals surface area contributed by atoms with Gasteiger partial charge in [0.05, 0.1) is 16.2 Å². The lowest BCUT2D eigenvalue weighted by molar-refractivity contribution is 0.111. The summed E-state index contributed by atoms with van der Waals surface area (Å²) >= 11 is 0. The lowest BCUT2D eigenvalue weighted by Gasteiger charge is -2.32. The average molecular weight is 282 g/mol. The van der Waals surface area contributed by atoms with Crippen molar-refractivity contribution < 1.29 is 13.5 Å². The van der Waals surface area contributed by atoms with Gasteiger partial charge in [0.1, 0.15) is 0 Å². The van der Waals surface area contributed by atoms with Crippen molar-refractivity contribution in [2.45, 2.75) is 55.8 Å². The fourth-order valence-corrected chi connectivity index (χ4v) is 4.74. The highest BCUT2D eigenvalue weighted by Gasteiger charge is 2.38. The predicted molar refractivity (Wildman–Crippen MR) is 75.8 cm³/mol. The lowest BCUT2D eigenvalue weighted by Crippen LogP contribution is -2.39. The molecule has 1 aliphatic rings. The highest BCUT2D eigenvalue weighted by atomic mass is 32.2. The number of rotatable bonds is 3. The average Bonchev–Trinajstić information content (AvgIpc) is 2.39. The standard InChI is InChI=1S/C15H22O3S/c1-3-12-6-9-14(16)15(10-12)19(17,18)13-7-4-11(2)5-8-13/h4-5,7-8,12,14-16H,3,6,9-10H2,1-2H3. The van der Waals surface area contributed by atoms with Gasteiger partial charge in [-0.2, -0.15) is 0 Å². The van der Waals surface area contributed by atoms with Crippen LogP contribution >= 0.6 is 0 Å². The van der Waals surface area contributed by atoms with Gasteiger partial charge in [-0.3, -0.25) is 0 Å². The van der Waals surface area contributed by atoms with Crippen molar-refractivity contribution in [2.75, 3.05) is 0 Å². The zero-order valence-electron chi connectivity index (χ0n) is 11.5. The number of hydrogen-bond acceptors (Lipinski definition) is 3. The second-order valence-corrected chi connectivity index (χ2v) is 7.72. The van der Waals surface area contributed by atoms with Crippen LogP contribution in [0.1, 0.15) is 38.2 Å². The van der Waals surface area contributed by atoms with Gasteiger partial charge in [0.25, 0.3) is 0 Å². The van der Waals surface area contributed by atoms with Gasteiger partial charge in [0.15, 0.2) is 9.84 Å². The number of benzene rings is 1. The van der Waals surface area contributed by atoms with Crippen LogP contribution < -0.4 is 0 Å². The summed E-state index contributed by atoms with van der Waals surface area (Å²) in [5.41, 5.74) is 1.04. The van der Waals surface area contributed by atoms with Gasteiger partial charge in [-0.25, -0.2) is 8.42 Å². The second kappa shape index (κ2) is 5.63. The van der Waals surface area contributed by atoms with E-state index in [9.17, 15) is 13.5 Å². The fraction of sp³-hybridized carbons (Fsp3) is 0.600. The molecule has 3 nitrogen and oxygen atoms in total. The molecule has 0 aromatic heterocycles. The predicted octanol–water partition coefficient (Wildman–Crippen LogP) is 2.71. The second-order valence-electron chi connectivity index (χ2n) is 5.55. The molecule has 1 N–H and O–H groups in total. The maximum absolute atomic E-state index is 12.6. The molecule has 0 bridgehead atoms. The third kappa shape index (κ3) is 3.00. The van der Waals surface area contributed by atoms with Gasteiger partial charge in [0, 0.05) is 0 Å². The van der Waals surface area contributed by atoms with Gasteiger partial charge in [0.2, 0.25) is 0 Å².